The molecular weight excluding hydrogens is 526 g/mol. The number of amides is 5. The van der Waals surface area contributed by atoms with Crippen LogP contribution in [0, 0.1) is 17.3 Å². The van der Waals surface area contributed by atoms with Crippen LogP contribution in [0.4, 0.5) is 0 Å². The van der Waals surface area contributed by atoms with Crippen LogP contribution in [0.15, 0.2) is 0 Å². The molecule has 0 unspecified atom stereocenters. The van der Waals surface area contributed by atoms with Gasteiger partial charge in [0.2, 0.25) is 29.4 Å². The van der Waals surface area contributed by atoms with Crippen LogP contribution >= 0.6 is 0 Å². The molecule has 1 saturated heterocycles. The first-order valence-corrected chi connectivity index (χ1v) is 15.3. The number of likely N-dealkylation sites (N-methyl/N-ethyl adjacent to an activating group) is 1. The largest absolute Gasteiger partial charge is 0.356 e. The van der Waals surface area contributed by atoms with Gasteiger partial charge in [-0.05, 0) is 50.9 Å². The Hall–Kier alpha value is -2.98. The molecule has 0 aromatic carbocycles. The molecule has 230 valence electrons. The Bertz CT molecular complexity index is 998. The summed E-state index contributed by atoms with van der Waals surface area (Å²) in [4.78, 5) is 80.1. The molecule has 4 atom stereocenters. The Balaban J connectivity index is 1.80. The molecule has 3 rings (SSSR count). The quantitative estimate of drug-likeness (QED) is 0.245. The van der Waals surface area contributed by atoms with Gasteiger partial charge in [-0.25, -0.2) is 0 Å². The monoisotopic (exact) mass is 575 g/mol. The Morgan fingerprint density at radius 3 is 2.17 bits per heavy atom. The lowest BCUT2D eigenvalue weighted by molar-refractivity contribution is -0.146. The number of carbonyl (C=O) groups is 6. The second kappa shape index (κ2) is 14.3. The van der Waals surface area contributed by atoms with E-state index in [1.165, 1.54) is 4.90 Å². The molecule has 41 heavy (non-hydrogen) atoms. The second-order valence-electron chi connectivity index (χ2n) is 13.0. The fraction of sp³-hybridized carbons (Fsp3) is 0.800. The van der Waals surface area contributed by atoms with E-state index in [0.29, 0.717) is 25.8 Å². The predicted octanol–water partition coefficient (Wildman–Crippen LogP) is 1.58. The number of carbonyl (C=O) groups excluding carboxylic acids is 6. The van der Waals surface area contributed by atoms with E-state index in [1.54, 1.807) is 27.8 Å². The molecule has 0 aromatic rings. The van der Waals surface area contributed by atoms with E-state index < -0.39 is 47.1 Å². The molecule has 11 nitrogen and oxygen atoms in total. The molecule has 0 radical (unpaired) electrons. The van der Waals surface area contributed by atoms with Crippen molar-refractivity contribution in [3.8, 4) is 0 Å². The third-order valence-electron chi connectivity index (χ3n) is 8.49. The lowest BCUT2D eigenvalue weighted by Gasteiger charge is -2.37. The van der Waals surface area contributed by atoms with E-state index >= 15 is 0 Å². The number of nitrogens with zero attached hydrogens (tertiary/aromatic N) is 1. The zero-order chi connectivity index (χ0) is 30.3. The molecule has 5 amide bonds. The highest BCUT2D eigenvalue weighted by atomic mass is 16.2. The number of Topliss-reactive ketones (excluding diaryl/α,β-unsaturated/α-hetero) is 1. The van der Waals surface area contributed by atoms with E-state index in [0.717, 1.165) is 44.9 Å². The van der Waals surface area contributed by atoms with E-state index in [-0.39, 0.29) is 36.1 Å². The summed E-state index contributed by atoms with van der Waals surface area (Å²) in [6.07, 6.45) is 7.72. The Labute approximate surface area is 243 Å². The van der Waals surface area contributed by atoms with Crippen LogP contribution in [-0.4, -0.2) is 78.0 Å². The molecule has 1 aliphatic heterocycles. The summed E-state index contributed by atoms with van der Waals surface area (Å²) in [7, 11) is 1.56. The first kappa shape index (κ1) is 32.5. The van der Waals surface area contributed by atoms with Gasteiger partial charge < -0.3 is 26.2 Å². The van der Waals surface area contributed by atoms with E-state index in [9.17, 15) is 28.8 Å². The number of hydrogen-bond donors (Lipinski definition) is 4. The molecular formula is C30H49N5O6. The third-order valence-corrected chi connectivity index (χ3v) is 8.49. The van der Waals surface area contributed by atoms with Gasteiger partial charge in [-0.15, -0.1) is 0 Å². The summed E-state index contributed by atoms with van der Waals surface area (Å²) in [5.74, 6) is -3.41. The average Bonchev–Trinajstić information content (AvgIpc) is 3.66. The van der Waals surface area contributed by atoms with Crippen molar-refractivity contribution in [2.45, 2.75) is 122 Å². The van der Waals surface area contributed by atoms with Crippen molar-refractivity contribution in [2.24, 2.45) is 17.3 Å². The van der Waals surface area contributed by atoms with Crippen LogP contribution in [0.2, 0.25) is 0 Å². The maximum absolute atomic E-state index is 14.0. The average molecular weight is 576 g/mol. The summed E-state index contributed by atoms with van der Waals surface area (Å²) >= 11 is 0. The van der Waals surface area contributed by atoms with Crippen LogP contribution in [0.1, 0.15) is 98.3 Å². The van der Waals surface area contributed by atoms with E-state index in [4.69, 9.17) is 0 Å². The maximum Gasteiger partial charge on any atom is 0.289 e. The summed E-state index contributed by atoms with van der Waals surface area (Å²) in [6.45, 7) is 7.76. The van der Waals surface area contributed by atoms with Crippen molar-refractivity contribution in [2.75, 3.05) is 13.6 Å². The molecule has 0 aromatic heterocycles. The first-order valence-electron chi connectivity index (χ1n) is 15.3. The number of hydrogen-bond acceptors (Lipinski definition) is 6. The van der Waals surface area contributed by atoms with E-state index in [1.807, 2.05) is 6.92 Å². The van der Waals surface area contributed by atoms with Crippen molar-refractivity contribution in [1.29, 1.82) is 0 Å². The standard InChI is InChI=1S/C30H49N5O6/c1-6-10-22(35(5)28(40)23(18-11-8-7-9-12-18)34-29(41)30(2,3)4)26(38)33-21(17-19-15-16-31-25(19)37)24(36)27(39)32-20-13-14-20/h18-23H,6-17H2,1-5H3,(H,31,37)(H,32,39)(H,33,38)(H,34,41)/t19-,21-,22-,23+/m0/s1. The van der Waals surface area contributed by atoms with Crippen LogP contribution in [0.5, 0.6) is 0 Å². The topological polar surface area (TPSA) is 154 Å². The Morgan fingerprint density at radius 2 is 1.63 bits per heavy atom. The maximum atomic E-state index is 14.0. The highest BCUT2D eigenvalue weighted by Crippen LogP contribution is 2.29. The van der Waals surface area contributed by atoms with Gasteiger partial charge in [-0.3, -0.25) is 28.8 Å². The molecule has 4 N–H and O–H groups in total. The first-order chi connectivity index (χ1) is 19.3. The molecule has 11 heteroatoms. The van der Waals surface area contributed by atoms with Gasteiger partial charge in [0.05, 0.1) is 6.04 Å². The van der Waals surface area contributed by atoms with Crippen LogP contribution < -0.4 is 21.3 Å². The Morgan fingerprint density at radius 1 is 0.976 bits per heavy atom. The van der Waals surface area contributed by atoms with Gasteiger partial charge in [-0.2, -0.15) is 0 Å². The lowest BCUT2D eigenvalue weighted by Crippen LogP contribution is -2.59. The minimum atomic E-state index is -1.19. The summed E-state index contributed by atoms with van der Waals surface area (Å²) in [5, 5.41) is 11.1. The van der Waals surface area contributed by atoms with Gasteiger partial charge >= 0.3 is 0 Å². The SMILES string of the molecule is CCC[C@@H](C(=O)N[C@@H](C[C@@H]1CCNC1=O)C(=O)C(=O)NC1CC1)N(C)C(=O)[C@H](NC(=O)C(C)(C)C)C1CCCCC1. The fourth-order valence-corrected chi connectivity index (χ4v) is 5.65. The van der Waals surface area contributed by atoms with E-state index in [2.05, 4.69) is 21.3 Å². The highest BCUT2D eigenvalue weighted by Gasteiger charge is 2.40. The lowest BCUT2D eigenvalue weighted by atomic mass is 9.82. The van der Waals surface area contributed by atoms with Crippen LogP contribution in [0.3, 0.4) is 0 Å². The Kier molecular flexibility index (Phi) is 11.3. The molecule has 0 spiro atoms. The zero-order valence-electron chi connectivity index (χ0n) is 25.3. The molecule has 2 saturated carbocycles. The fourth-order valence-electron chi connectivity index (χ4n) is 5.65. The highest BCUT2D eigenvalue weighted by molar-refractivity contribution is 6.38. The smallest absolute Gasteiger partial charge is 0.289 e. The summed E-state index contributed by atoms with van der Waals surface area (Å²) < 4.78 is 0. The van der Waals surface area contributed by atoms with Crippen molar-refractivity contribution >= 4 is 35.3 Å². The summed E-state index contributed by atoms with van der Waals surface area (Å²) in [5.41, 5.74) is -0.687. The van der Waals surface area contributed by atoms with Crippen LogP contribution in [-0.2, 0) is 28.8 Å². The normalized spacial score (nSPS) is 21.7. The van der Waals surface area contributed by atoms with Gasteiger partial charge in [0.15, 0.2) is 0 Å². The van der Waals surface area contributed by atoms with Crippen molar-refractivity contribution < 1.29 is 28.8 Å². The minimum Gasteiger partial charge on any atom is -0.356 e. The predicted molar refractivity (Wildman–Crippen MR) is 153 cm³/mol. The number of ketones is 1. The van der Waals surface area contributed by atoms with Crippen LogP contribution in [0.25, 0.3) is 0 Å². The minimum absolute atomic E-state index is 0.0112. The number of nitrogens with one attached hydrogen (secondary N) is 4. The molecule has 1 heterocycles. The van der Waals surface area contributed by atoms with Gasteiger partial charge in [-0.1, -0.05) is 53.4 Å². The molecule has 3 fully saturated rings. The number of rotatable bonds is 13. The molecule has 2 aliphatic carbocycles. The molecule has 0 bridgehead atoms. The zero-order valence-corrected chi connectivity index (χ0v) is 25.3. The van der Waals surface area contributed by atoms with Gasteiger partial charge in [0, 0.05) is 31.0 Å². The van der Waals surface area contributed by atoms with Crippen molar-refractivity contribution in [3.05, 3.63) is 0 Å². The summed E-state index contributed by atoms with van der Waals surface area (Å²) in [6, 6.07) is -2.89. The van der Waals surface area contributed by atoms with Crippen molar-refractivity contribution in [3.63, 3.8) is 0 Å². The van der Waals surface area contributed by atoms with Gasteiger partial charge in [0.25, 0.3) is 5.91 Å². The second-order valence-corrected chi connectivity index (χ2v) is 13.0. The van der Waals surface area contributed by atoms with Gasteiger partial charge in [0.1, 0.15) is 12.1 Å². The molecule has 3 aliphatic rings. The third kappa shape index (κ3) is 9.00. The van der Waals surface area contributed by atoms with Crippen molar-refractivity contribution in [1.82, 2.24) is 26.2 Å².